The van der Waals surface area contributed by atoms with Crippen molar-refractivity contribution in [3.8, 4) is 5.75 Å². The molecule has 1 aliphatic rings. The topological polar surface area (TPSA) is 99.1 Å². The highest BCUT2D eigenvalue weighted by Crippen LogP contribution is 2.35. The van der Waals surface area contributed by atoms with E-state index < -0.39 is 17.5 Å². The summed E-state index contributed by atoms with van der Waals surface area (Å²) in [7, 11) is 1.58. The third kappa shape index (κ3) is 4.53. The van der Waals surface area contributed by atoms with Crippen molar-refractivity contribution in [1.29, 1.82) is 0 Å². The molecule has 1 fully saturated rings. The van der Waals surface area contributed by atoms with Crippen LogP contribution in [0.15, 0.2) is 24.3 Å². The van der Waals surface area contributed by atoms with Crippen LogP contribution in [-0.2, 0) is 16.1 Å². The summed E-state index contributed by atoms with van der Waals surface area (Å²) < 4.78 is 5.27. The number of aliphatic hydroxyl groups is 1. The third-order valence-electron chi connectivity index (χ3n) is 5.02. The van der Waals surface area contributed by atoms with Crippen LogP contribution in [0.1, 0.15) is 31.7 Å². The monoisotopic (exact) mass is 364 g/mol. The number of methoxy groups -OCH3 is 1. The van der Waals surface area contributed by atoms with E-state index in [1.165, 1.54) is 0 Å². The average molecular weight is 364 g/mol. The maximum absolute atomic E-state index is 12.3. The normalized spacial score (nSPS) is 23.4. The number of benzene rings is 1. The van der Waals surface area contributed by atoms with Gasteiger partial charge in [-0.3, -0.25) is 14.5 Å². The quantitative estimate of drug-likeness (QED) is 0.642. The molecule has 1 saturated heterocycles. The molecule has 7 nitrogen and oxygen atoms in total. The molecule has 0 saturated carbocycles. The van der Waals surface area contributed by atoms with Gasteiger partial charge in [0.15, 0.2) is 0 Å². The Morgan fingerprint density at radius 3 is 2.77 bits per heavy atom. The number of para-hydroxylation sites is 1. The molecule has 0 spiro atoms. The Morgan fingerprint density at radius 1 is 1.38 bits per heavy atom. The summed E-state index contributed by atoms with van der Waals surface area (Å²) in [6.07, 6.45) is 0.527. The van der Waals surface area contributed by atoms with Crippen molar-refractivity contribution in [2.75, 3.05) is 26.7 Å². The summed E-state index contributed by atoms with van der Waals surface area (Å²) in [6, 6.07) is 7.46. The van der Waals surface area contributed by atoms with Crippen LogP contribution < -0.4 is 10.1 Å². The number of nitrogens with one attached hydrogen (secondary N) is 1. The Bertz CT molecular complexity index is 636. The van der Waals surface area contributed by atoms with Crippen LogP contribution in [0.25, 0.3) is 0 Å². The molecule has 1 amide bonds. The van der Waals surface area contributed by atoms with E-state index in [0.29, 0.717) is 38.1 Å². The molecule has 1 aromatic rings. The van der Waals surface area contributed by atoms with Gasteiger partial charge in [-0.25, -0.2) is 0 Å². The summed E-state index contributed by atoms with van der Waals surface area (Å²) in [5, 5.41) is 22.8. The fourth-order valence-corrected chi connectivity index (χ4v) is 3.61. The van der Waals surface area contributed by atoms with Crippen LogP contribution in [0.4, 0.5) is 0 Å². The van der Waals surface area contributed by atoms with Crippen molar-refractivity contribution in [3.05, 3.63) is 29.8 Å². The van der Waals surface area contributed by atoms with E-state index in [1.807, 2.05) is 36.1 Å². The summed E-state index contributed by atoms with van der Waals surface area (Å²) in [6.45, 7) is 3.04. The molecule has 144 valence electrons. The van der Waals surface area contributed by atoms with E-state index in [-0.39, 0.29) is 19.0 Å². The lowest BCUT2D eigenvalue weighted by Gasteiger charge is -2.43. The largest absolute Gasteiger partial charge is 0.496 e. The van der Waals surface area contributed by atoms with E-state index in [4.69, 9.17) is 4.74 Å². The second kappa shape index (κ2) is 9.00. The number of carboxylic acids is 1. The number of rotatable bonds is 8. The molecule has 26 heavy (non-hydrogen) atoms. The minimum absolute atomic E-state index is 0.112. The number of piperidine rings is 1. The molecular formula is C19H28N2O5. The van der Waals surface area contributed by atoms with Crippen LogP contribution >= 0.6 is 0 Å². The van der Waals surface area contributed by atoms with Crippen LogP contribution in [-0.4, -0.2) is 59.8 Å². The van der Waals surface area contributed by atoms with Gasteiger partial charge in [0, 0.05) is 25.2 Å². The van der Waals surface area contributed by atoms with Gasteiger partial charge < -0.3 is 20.3 Å². The van der Waals surface area contributed by atoms with E-state index in [0.717, 1.165) is 5.56 Å². The smallest absolute Gasteiger partial charge is 0.313 e. The first-order valence-electron chi connectivity index (χ1n) is 8.95. The van der Waals surface area contributed by atoms with Crippen LogP contribution in [0.2, 0.25) is 0 Å². The second-order valence-electron chi connectivity index (χ2n) is 6.81. The third-order valence-corrected chi connectivity index (χ3v) is 5.02. The van der Waals surface area contributed by atoms with Gasteiger partial charge in [-0.1, -0.05) is 31.5 Å². The lowest BCUT2D eigenvalue weighted by atomic mass is 9.74. The van der Waals surface area contributed by atoms with Crippen LogP contribution in [0, 0.1) is 5.41 Å². The Morgan fingerprint density at radius 2 is 2.12 bits per heavy atom. The molecule has 1 aliphatic heterocycles. The minimum Gasteiger partial charge on any atom is -0.496 e. The molecule has 0 bridgehead atoms. The minimum atomic E-state index is -1.20. The number of aliphatic carboxylic acids is 1. The number of amides is 1. The molecule has 7 heteroatoms. The lowest BCUT2D eigenvalue weighted by Crippen LogP contribution is -2.57. The highest BCUT2D eigenvalue weighted by molar-refractivity contribution is 5.79. The van der Waals surface area contributed by atoms with E-state index in [9.17, 15) is 19.8 Å². The van der Waals surface area contributed by atoms with Crippen LogP contribution in [0.5, 0.6) is 5.75 Å². The number of ether oxygens (including phenoxy) is 1. The van der Waals surface area contributed by atoms with Gasteiger partial charge in [0.05, 0.1) is 19.8 Å². The number of hydrogen-bond acceptors (Lipinski definition) is 5. The van der Waals surface area contributed by atoms with E-state index in [1.54, 1.807) is 7.11 Å². The summed E-state index contributed by atoms with van der Waals surface area (Å²) in [5.74, 6) is -0.462. The molecule has 0 radical (unpaired) electrons. The van der Waals surface area contributed by atoms with Gasteiger partial charge in [-0.05, 0) is 18.9 Å². The zero-order valence-corrected chi connectivity index (χ0v) is 15.4. The van der Waals surface area contributed by atoms with E-state index >= 15 is 0 Å². The SMILES string of the molecule is CCC[C@@]1(C(=O)O)CN(CC(=O)NCc2ccccc2OC)CC[C@H]1O. The van der Waals surface area contributed by atoms with Crippen molar-refractivity contribution in [3.63, 3.8) is 0 Å². The van der Waals surface area contributed by atoms with Gasteiger partial charge in [0.2, 0.25) is 5.91 Å². The zero-order valence-electron chi connectivity index (χ0n) is 15.4. The summed E-state index contributed by atoms with van der Waals surface area (Å²) in [5.41, 5.74) is -0.320. The number of likely N-dealkylation sites (tertiary alicyclic amines) is 1. The molecule has 0 aliphatic carbocycles. The first-order chi connectivity index (χ1) is 12.4. The fraction of sp³-hybridized carbons (Fsp3) is 0.579. The fourth-order valence-electron chi connectivity index (χ4n) is 3.61. The Balaban J connectivity index is 1.95. The maximum atomic E-state index is 12.3. The van der Waals surface area contributed by atoms with Crippen molar-refractivity contribution < 1.29 is 24.5 Å². The predicted octanol–water partition coefficient (Wildman–Crippen LogP) is 1.25. The lowest BCUT2D eigenvalue weighted by molar-refractivity contribution is -0.165. The molecular weight excluding hydrogens is 336 g/mol. The van der Waals surface area contributed by atoms with Gasteiger partial charge in [-0.2, -0.15) is 0 Å². The number of aliphatic hydroxyl groups excluding tert-OH is 1. The Hall–Kier alpha value is -2.12. The van der Waals surface area contributed by atoms with Crippen molar-refractivity contribution >= 4 is 11.9 Å². The van der Waals surface area contributed by atoms with E-state index in [2.05, 4.69) is 5.32 Å². The first-order valence-corrected chi connectivity index (χ1v) is 8.95. The Kier molecular flexibility index (Phi) is 6.99. The molecule has 3 N–H and O–H groups in total. The first kappa shape index (κ1) is 20.2. The van der Waals surface area contributed by atoms with Crippen molar-refractivity contribution in [2.24, 2.45) is 5.41 Å². The molecule has 2 rings (SSSR count). The summed E-state index contributed by atoms with van der Waals surface area (Å²) in [4.78, 5) is 25.9. The van der Waals surface area contributed by atoms with Gasteiger partial charge >= 0.3 is 5.97 Å². The average Bonchev–Trinajstić information content (AvgIpc) is 2.63. The van der Waals surface area contributed by atoms with Gasteiger partial charge in [0.1, 0.15) is 11.2 Å². The van der Waals surface area contributed by atoms with Gasteiger partial charge in [-0.15, -0.1) is 0 Å². The second-order valence-corrected chi connectivity index (χ2v) is 6.81. The number of carbonyl (C=O) groups is 2. The molecule has 0 unspecified atom stereocenters. The number of nitrogens with zero attached hydrogens (tertiary/aromatic N) is 1. The summed E-state index contributed by atoms with van der Waals surface area (Å²) >= 11 is 0. The number of hydrogen-bond donors (Lipinski definition) is 3. The standard InChI is InChI=1S/C19H28N2O5/c1-3-9-19(18(24)25)13-21(10-8-16(19)22)12-17(23)20-11-14-6-4-5-7-15(14)26-2/h4-7,16,22H,3,8-13H2,1-2H3,(H,20,23)(H,24,25)/t16-,19-/m1/s1. The number of carbonyl (C=O) groups excluding carboxylic acids is 1. The molecule has 0 aromatic heterocycles. The highest BCUT2D eigenvalue weighted by atomic mass is 16.5. The predicted molar refractivity (Wildman–Crippen MR) is 96.9 cm³/mol. The Labute approximate surface area is 154 Å². The maximum Gasteiger partial charge on any atom is 0.313 e. The number of carboxylic acid groups (broad SMARTS) is 1. The molecule has 2 atom stereocenters. The zero-order chi connectivity index (χ0) is 19.2. The highest BCUT2D eigenvalue weighted by Gasteiger charge is 2.48. The van der Waals surface area contributed by atoms with Gasteiger partial charge in [0.25, 0.3) is 0 Å². The molecule has 1 heterocycles. The molecule has 1 aromatic carbocycles. The van der Waals surface area contributed by atoms with Crippen molar-refractivity contribution in [1.82, 2.24) is 10.2 Å². The van der Waals surface area contributed by atoms with Crippen molar-refractivity contribution in [2.45, 2.75) is 38.8 Å². The van der Waals surface area contributed by atoms with Crippen LogP contribution in [0.3, 0.4) is 0 Å².